The highest BCUT2D eigenvalue weighted by molar-refractivity contribution is 5.70. The number of hydrogen-bond acceptors (Lipinski definition) is 5. The number of aliphatic hydroxyl groups is 1. The molecule has 0 amide bonds. The highest BCUT2D eigenvalue weighted by Gasteiger charge is 2.16. The highest BCUT2D eigenvalue weighted by atomic mass is 16.6. The van der Waals surface area contributed by atoms with E-state index in [1.54, 1.807) is 0 Å². The summed E-state index contributed by atoms with van der Waals surface area (Å²) < 4.78 is 10.7. The van der Waals surface area contributed by atoms with Gasteiger partial charge in [0, 0.05) is 12.8 Å². The van der Waals surface area contributed by atoms with E-state index in [0.717, 1.165) is 38.5 Å². The van der Waals surface area contributed by atoms with Gasteiger partial charge in [0.15, 0.2) is 6.10 Å². The van der Waals surface area contributed by atoms with Crippen molar-refractivity contribution in [2.75, 3.05) is 13.2 Å². The molecule has 0 aliphatic carbocycles. The molecule has 0 aromatic heterocycles. The minimum Gasteiger partial charge on any atom is -0.462 e. The number of carbonyl (C=O) groups excluding carboxylic acids is 2. The third-order valence-electron chi connectivity index (χ3n) is 14.1. The Kier molecular flexibility index (Phi) is 56.8. The van der Waals surface area contributed by atoms with E-state index in [2.05, 4.69) is 26.0 Å². The number of aliphatic hydroxyl groups excluding tert-OH is 1. The predicted molar refractivity (Wildman–Crippen MR) is 288 cm³/mol. The summed E-state index contributed by atoms with van der Waals surface area (Å²) in [5, 5.41) is 9.60. The van der Waals surface area contributed by atoms with Crippen molar-refractivity contribution in [3.05, 3.63) is 12.2 Å². The molecule has 66 heavy (non-hydrogen) atoms. The van der Waals surface area contributed by atoms with Gasteiger partial charge in [0.05, 0.1) is 6.61 Å². The van der Waals surface area contributed by atoms with Crippen molar-refractivity contribution in [1.29, 1.82) is 0 Å². The molecule has 0 bridgehead atoms. The Hall–Kier alpha value is -1.36. The zero-order chi connectivity index (χ0) is 47.7. The Morgan fingerprint density at radius 1 is 0.333 bits per heavy atom. The lowest BCUT2D eigenvalue weighted by atomic mass is 10.0. The number of esters is 2. The quantitative estimate of drug-likeness (QED) is 0.0374. The van der Waals surface area contributed by atoms with Crippen LogP contribution in [0.1, 0.15) is 348 Å². The van der Waals surface area contributed by atoms with Gasteiger partial charge in [-0.1, -0.05) is 309 Å². The van der Waals surface area contributed by atoms with Gasteiger partial charge in [-0.3, -0.25) is 9.59 Å². The van der Waals surface area contributed by atoms with Crippen LogP contribution >= 0.6 is 0 Å². The molecule has 0 aromatic rings. The van der Waals surface area contributed by atoms with Gasteiger partial charge < -0.3 is 14.6 Å². The second-order valence-electron chi connectivity index (χ2n) is 20.8. The van der Waals surface area contributed by atoms with E-state index in [9.17, 15) is 14.7 Å². The Bertz CT molecular complexity index is 963. The minimum absolute atomic E-state index is 0.0627. The first kappa shape index (κ1) is 64.6. The molecule has 0 spiro atoms. The fourth-order valence-electron chi connectivity index (χ4n) is 9.50. The summed E-state index contributed by atoms with van der Waals surface area (Å²) in [5.41, 5.74) is 0. The summed E-state index contributed by atoms with van der Waals surface area (Å²) in [6.07, 6.45) is 72.4. The third-order valence-corrected chi connectivity index (χ3v) is 14.1. The Labute approximate surface area is 413 Å². The van der Waals surface area contributed by atoms with Crippen molar-refractivity contribution in [3.63, 3.8) is 0 Å². The molecule has 0 aliphatic rings. The molecule has 5 nitrogen and oxygen atoms in total. The number of hydrogen-bond donors (Lipinski definition) is 1. The first-order valence-corrected chi connectivity index (χ1v) is 30.2. The summed E-state index contributed by atoms with van der Waals surface area (Å²) in [6, 6.07) is 0. The van der Waals surface area contributed by atoms with E-state index < -0.39 is 6.10 Å². The lowest BCUT2D eigenvalue weighted by Crippen LogP contribution is -2.28. The van der Waals surface area contributed by atoms with E-state index in [0.29, 0.717) is 12.8 Å². The maximum atomic E-state index is 12.2. The van der Waals surface area contributed by atoms with Crippen LogP contribution in [0.3, 0.4) is 0 Å². The predicted octanol–water partition coefficient (Wildman–Crippen LogP) is 20.3. The van der Waals surface area contributed by atoms with Crippen LogP contribution in [-0.2, 0) is 19.1 Å². The largest absolute Gasteiger partial charge is 0.462 e. The molecule has 1 atom stereocenters. The highest BCUT2D eigenvalue weighted by Crippen LogP contribution is 2.18. The van der Waals surface area contributed by atoms with Crippen LogP contribution in [-0.4, -0.2) is 36.4 Å². The van der Waals surface area contributed by atoms with Crippen LogP contribution in [0.15, 0.2) is 12.2 Å². The molecule has 0 heterocycles. The molecule has 0 rings (SSSR count). The summed E-state index contributed by atoms with van der Waals surface area (Å²) in [4.78, 5) is 24.4. The maximum Gasteiger partial charge on any atom is 0.306 e. The van der Waals surface area contributed by atoms with Gasteiger partial charge in [0.1, 0.15) is 6.61 Å². The van der Waals surface area contributed by atoms with Crippen LogP contribution in [0, 0.1) is 0 Å². The molecule has 392 valence electrons. The van der Waals surface area contributed by atoms with Crippen molar-refractivity contribution >= 4 is 11.9 Å². The molecule has 1 N–H and O–H groups in total. The van der Waals surface area contributed by atoms with Crippen LogP contribution in [0.2, 0.25) is 0 Å². The fraction of sp³-hybridized carbons (Fsp3) is 0.934. The molecule has 0 fully saturated rings. The van der Waals surface area contributed by atoms with E-state index in [-0.39, 0.29) is 25.2 Å². The van der Waals surface area contributed by atoms with Gasteiger partial charge >= 0.3 is 11.9 Å². The van der Waals surface area contributed by atoms with E-state index in [1.165, 1.54) is 283 Å². The van der Waals surface area contributed by atoms with Crippen LogP contribution in [0.4, 0.5) is 0 Å². The molecule has 0 radical (unpaired) electrons. The smallest absolute Gasteiger partial charge is 0.306 e. The van der Waals surface area contributed by atoms with Crippen molar-refractivity contribution in [2.24, 2.45) is 0 Å². The number of ether oxygens (including phenoxy) is 2. The van der Waals surface area contributed by atoms with Crippen molar-refractivity contribution in [3.8, 4) is 0 Å². The van der Waals surface area contributed by atoms with Gasteiger partial charge in [-0.25, -0.2) is 0 Å². The molecule has 0 saturated carbocycles. The van der Waals surface area contributed by atoms with Crippen LogP contribution in [0.25, 0.3) is 0 Å². The van der Waals surface area contributed by atoms with Gasteiger partial charge in [-0.2, -0.15) is 0 Å². The van der Waals surface area contributed by atoms with Gasteiger partial charge in [-0.05, 0) is 38.5 Å². The maximum absolute atomic E-state index is 12.2. The SMILES string of the molecule is CCCCC/C=C\CCCCCCCC(=O)OC(CO)COC(=O)CCCCCCCCCCCCCCCCCCCCCCCCCCCCCCCCCCCCCCCCCC. The van der Waals surface area contributed by atoms with Crippen LogP contribution < -0.4 is 0 Å². The molecular weight excluding hydrogens is 813 g/mol. The molecule has 0 aromatic carbocycles. The first-order valence-electron chi connectivity index (χ1n) is 30.2. The number of unbranched alkanes of at least 4 members (excludes halogenated alkanes) is 47. The Morgan fingerprint density at radius 2 is 0.561 bits per heavy atom. The summed E-state index contributed by atoms with van der Waals surface area (Å²) in [7, 11) is 0. The number of allylic oxidation sites excluding steroid dienone is 2. The van der Waals surface area contributed by atoms with E-state index >= 15 is 0 Å². The zero-order valence-electron chi connectivity index (χ0n) is 45.0. The lowest BCUT2D eigenvalue weighted by molar-refractivity contribution is -0.161. The van der Waals surface area contributed by atoms with E-state index in [4.69, 9.17) is 9.47 Å². The number of carbonyl (C=O) groups is 2. The topological polar surface area (TPSA) is 72.8 Å². The number of rotatable bonds is 57. The fourth-order valence-corrected chi connectivity index (χ4v) is 9.50. The second kappa shape index (κ2) is 58.0. The molecule has 1 unspecified atom stereocenters. The zero-order valence-corrected chi connectivity index (χ0v) is 45.0. The van der Waals surface area contributed by atoms with Gasteiger partial charge in [-0.15, -0.1) is 0 Å². The van der Waals surface area contributed by atoms with Crippen molar-refractivity contribution < 1.29 is 24.2 Å². The van der Waals surface area contributed by atoms with Gasteiger partial charge in [0.25, 0.3) is 0 Å². The summed E-state index contributed by atoms with van der Waals surface area (Å²) in [5.74, 6) is -0.584. The normalized spacial score (nSPS) is 12.1. The Balaban J connectivity index is 3.30. The average molecular weight is 932 g/mol. The second-order valence-corrected chi connectivity index (χ2v) is 20.8. The standard InChI is InChI=1S/C61H118O5/c1-3-5-7-9-11-13-15-17-18-19-20-21-22-23-24-25-26-27-28-29-30-31-32-33-34-35-36-37-38-39-40-41-42-43-44-46-47-49-51-53-55-60(63)65-58-59(57-62)66-61(64)56-54-52-50-48-45-16-14-12-10-8-6-4-2/h12,14,59,62H,3-11,13,15-58H2,1-2H3/b14-12-. The first-order chi connectivity index (χ1) is 32.6. The molecule has 0 saturated heterocycles. The third kappa shape index (κ3) is 55.2. The Morgan fingerprint density at radius 3 is 0.848 bits per heavy atom. The molecule has 5 heteroatoms. The summed E-state index contributed by atoms with van der Waals surface area (Å²) in [6.45, 7) is 4.15. The lowest BCUT2D eigenvalue weighted by Gasteiger charge is -2.15. The molecule has 0 aliphatic heterocycles. The van der Waals surface area contributed by atoms with Crippen molar-refractivity contribution in [1.82, 2.24) is 0 Å². The van der Waals surface area contributed by atoms with Crippen LogP contribution in [0.5, 0.6) is 0 Å². The van der Waals surface area contributed by atoms with E-state index in [1.807, 2.05) is 0 Å². The molecular formula is C61H118O5. The minimum atomic E-state index is -0.770. The van der Waals surface area contributed by atoms with Gasteiger partial charge in [0.2, 0.25) is 0 Å². The summed E-state index contributed by atoms with van der Waals surface area (Å²) >= 11 is 0. The van der Waals surface area contributed by atoms with Crippen molar-refractivity contribution in [2.45, 2.75) is 354 Å². The average Bonchev–Trinajstić information content (AvgIpc) is 3.32. The monoisotopic (exact) mass is 931 g/mol.